The number of nitrogens with zero attached hydrogens (tertiary/aromatic N) is 2. The fourth-order valence-electron chi connectivity index (χ4n) is 1.74. The molecule has 1 aromatic rings. The van der Waals surface area contributed by atoms with Crippen molar-refractivity contribution in [1.29, 1.82) is 0 Å². The van der Waals surface area contributed by atoms with Gasteiger partial charge >= 0.3 is 0 Å². The molecule has 9 heteroatoms. The number of rotatable bonds is 3. The van der Waals surface area contributed by atoms with Crippen LogP contribution in [-0.4, -0.2) is 55.2 Å². The second kappa shape index (κ2) is 5.59. The highest BCUT2D eigenvalue weighted by Crippen LogP contribution is 2.23. The fraction of sp³-hybridized carbons (Fsp3) is 0.500. The Hall–Kier alpha value is -0.930. The summed E-state index contributed by atoms with van der Waals surface area (Å²) >= 11 is 5.78. The summed E-state index contributed by atoms with van der Waals surface area (Å²) in [5, 5.41) is 9.12. The average molecular weight is 308 g/mol. The van der Waals surface area contributed by atoms with Crippen LogP contribution >= 0.6 is 11.6 Å². The smallest absolute Gasteiger partial charge is 0.244 e. The molecule has 0 aliphatic carbocycles. The number of pyridine rings is 1. The van der Waals surface area contributed by atoms with E-state index in [1.54, 1.807) is 0 Å². The number of aliphatic hydroxyl groups is 1. The first kappa shape index (κ1) is 14.5. The summed E-state index contributed by atoms with van der Waals surface area (Å²) in [6, 6.07) is 1.27. The third-order valence-electron chi connectivity index (χ3n) is 2.79. The molecule has 0 amide bonds. The molecule has 0 radical (unpaired) electrons. The molecule has 0 spiro atoms. The third-order valence-corrected chi connectivity index (χ3v) is 4.92. The van der Waals surface area contributed by atoms with Crippen molar-refractivity contribution in [2.24, 2.45) is 0 Å². The summed E-state index contributed by atoms with van der Waals surface area (Å²) < 4.78 is 31.2. The van der Waals surface area contributed by atoms with E-state index in [4.69, 9.17) is 27.2 Å². The largest absolute Gasteiger partial charge is 0.394 e. The number of aromatic nitrogens is 1. The zero-order valence-corrected chi connectivity index (χ0v) is 11.6. The number of anilines is 1. The zero-order chi connectivity index (χ0) is 14.0. The van der Waals surface area contributed by atoms with Crippen LogP contribution in [0.2, 0.25) is 5.02 Å². The topological polar surface area (TPSA) is 106 Å². The van der Waals surface area contributed by atoms with Crippen LogP contribution in [0.3, 0.4) is 0 Å². The zero-order valence-electron chi connectivity index (χ0n) is 9.99. The molecular weight excluding hydrogens is 294 g/mol. The van der Waals surface area contributed by atoms with Crippen LogP contribution in [-0.2, 0) is 14.8 Å². The monoisotopic (exact) mass is 307 g/mol. The quantitative estimate of drug-likeness (QED) is 0.794. The van der Waals surface area contributed by atoms with Gasteiger partial charge in [-0.15, -0.1) is 0 Å². The van der Waals surface area contributed by atoms with Crippen LogP contribution in [0.15, 0.2) is 17.2 Å². The van der Waals surface area contributed by atoms with E-state index in [2.05, 4.69) is 4.98 Å². The van der Waals surface area contributed by atoms with Crippen molar-refractivity contribution >= 4 is 27.4 Å². The molecule has 7 nitrogen and oxygen atoms in total. The van der Waals surface area contributed by atoms with Gasteiger partial charge in [-0.1, -0.05) is 11.6 Å². The standard InChI is InChI=1S/C10H14ClN3O4S/c11-9-3-8(4-13-10(9)12)19(16,17)14-1-2-18-7(5-14)6-15/h3-4,7,15H,1-2,5-6H2,(H2,12,13). The van der Waals surface area contributed by atoms with E-state index in [0.29, 0.717) is 0 Å². The Balaban J connectivity index is 2.28. The van der Waals surface area contributed by atoms with Crippen molar-refractivity contribution < 1.29 is 18.3 Å². The van der Waals surface area contributed by atoms with Crippen molar-refractivity contribution in [3.8, 4) is 0 Å². The Labute approximate surface area is 116 Å². The fourth-order valence-corrected chi connectivity index (χ4v) is 3.40. The second-order valence-electron chi connectivity index (χ2n) is 4.08. The number of hydrogen-bond donors (Lipinski definition) is 2. The first-order valence-corrected chi connectivity index (χ1v) is 7.40. The highest BCUT2D eigenvalue weighted by Gasteiger charge is 2.31. The molecule has 0 saturated carbocycles. The Morgan fingerprint density at radius 2 is 2.37 bits per heavy atom. The van der Waals surface area contributed by atoms with Gasteiger partial charge < -0.3 is 15.6 Å². The molecule has 1 aliphatic rings. The van der Waals surface area contributed by atoms with Gasteiger partial charge in [0.05, 0.1) is 24.3 Å². The SMILES string of the molecule is Nc1ncc(S(=O)(=O)N2CCOC(CO)C2)cc1Cl. The number of aliphatic hydroxyl groups excluding tert-OH is 1. The maximum atomic E-state index is 12.4. The Morgan fingerprint density at radius 1 is 1.63 bits per heavy atom. The summed E-state index contributed by atoms with van der Waals surface area (Å²) in [6.45, 7) is 0.328. The minimum Gasteiger partial charge on any atom is -0.394 e. The maximum absolute atomic E-state index is 12.4. The highest BCUT2D eigenvalue weighted by molar-refractivity contribution is 7.89. The average Bonchev–Trinajstić information content (AvgIpc) is 2.41. The van der Waals surface area contributed by atoms with Gasteiger partial charge in [0.1, 0.15) is 10.7 Å². The number of nitrogen functional groups attached to an aromatic ring is 1. The van der Waals surface area contributed by atoms with Crippen molar-refractivity contribution in [2.45, 2.75) is 11.0 Å². The van der Waals surface area contributed by atoms with E-state index in [-0.39, 0.29) is 42.0 Å². The van der Waals surface area contributed by atoms with Crippen molar-refractivity contribution in [3.63, 3.8) is 0 Å². The van der Waals surface area contributed by atoms with E-state index in [0.717, 1.165) is 0 Å². The van der Waals surface area contributed by atoms with Gasteiger partial charge in [-0.25, -0.2) is 13.4 Å². The number of hydrogen-bond acceptors (Lipinski definition) is 6. The minimum atomic E-state index is -3.70. The predicted molar refractivity (Wildman–Crippen MR) is 69.2 cm³/mol. The predicted octanol–water partition coefficient (Wildman–Crippen LogP) is -0.301. The Bertz CT molecular complexity index is 566. The lowest BCUT2D eigenvalue weighted by atomic mass is 10.3. The Morgan fingerprint density at radius 3 is 3.00 bits per heavy atom. The van der Waals surface area contributed by atoms with Crippen LogP contribution in [0.4, 0.5) is 5.82 Å². The molecule has 2 heterocycles. The van der Waals surface area contributed by atoms with Crippen LogP contribution in [0.25, 0.3) is 0 Å². The van der Waals surface area contributed by atoms with E-state index in [1.165, 1.54) is 16.6 Å². The van der Waals surface area contributed by atoms with Gasteiger partial charge in [-0.05, 0) is 6.07 Å². The van der Waals surface area contributed by atoms with Crippen molar-refractivity contribution in [2.75, 3.05) is 32.0 Å². The summed E-state index contributed by atoms with van der Waals surface area (Å²) in [5.74, 6) is 0.0795. The number of ether oxygens (including phenoxy) is 1. The van der Waals surface area contributed by atoms with Gasteiger partial charge in [-0.3, -0.25) is 0 Å². The van der Waals surface area contributed by atoms with Crippen LogP contribution in [0.5, 0.6) is 0 Å². The first-order valence-electron chi connectivity index (χ1n) is 5.59. The number of morpholine rings is 1. The van der Waals surface area contributed by atoms with Gasteiger partial charge in [0.25, 0.3) is 0 Å². The molecular formula is C10H14ClN3O4S. The second-order valence-corrected chi connectivity index (χ2v) is 6.42. The van der Waals surface area contributed by atoms with Crippen molar-refractivity contribution in [1.82, 2.24) is 9.29 Å². The molecule has 1 atom stereocenters. The van der Waals surface area contributed by atoms with E-state index in [1.807, 2.05) is 0 Å². The molecule has 1 fully saturated rings. The van der Waals surface area contributed by atoms with Gasteiger partial charge in [0.2, 0.25) is 10.0 Å². The molecule has 19 heavy (non-hydrogen) atoms. The molecule has 0 bridgehead atoms. The maximum Gasteiger partial charge on any atom is 0.244 e. The number of sulfonamides is 1. The molecule has 106 valence electrons. The molecule has 1 unspecified atom stereocenters. The normalized spacial score (nSPS) is 21.5. The molecule has 3 N–H and O–H groups in total. The molecule has 1 aliphatic heterocycles. The van der Waals surface area contributed by atoms with E-state index in [9.17, 15) is 8.42 Å². The molecule has 1 saturated heterocycles. The third kappa shape index (κ3) is 2.98. The summed E-state index contributed by atoms with van der Waals surface area (Å²) in [7, 11) is -3.70. The van der Waals surface area contributed by atoms with Gasteiger partial charge in [-0.2, -0.15) is 4.31 Å². The van der Waals surface area contributed by atoms with Crippen LogP contribution < -0.4 is 5.73 Å². The lowest BCUT2D eigenvalue weighted by Crippen LogP contribution is -2.46. The van der Waals surface area contributed by atoms with Crippen molar-refractivity contribution in [3.05, 3.63) is 17.3 Å². The lowest BCUT2D eigenvalue weighted by molar-refractivity contribution is -0.0304. The van der Waals surface area contributed by atoms with Gasteiger partial charge in [0, 0.05) is 19.3 Å². The molecule has 2 rings (SSSR count). The summed E-state index contributed by atoms with van der Waals surface area (Å²) in [6.07, 6.45) is 0.653. The van der Waals surface area contributed by atoms with Gasteiger partial charge in [0.15, 0.2) is 0 Å². The van der Waals surface area contributed by atoms with Crippen LogP contribution in [0.1, 0.15) is 0 Å². The molecule has 1 aromatic heterocycles. The first-order chi connectivity index (χ1) is 8.95. The summed E-state index contributed by atoms with van der Waals surface area (Å²) in [5.41, 5.74) is 5.45. The molecule has 0 aromatic carbocycles. The van der Waals surface area contributed by atoms with Crippen LogP contribution in [0, 0.1) is 0 Å². The van der Waals surface area contributed by atoms with E-state index >= 15 is 0 Å². The number of halogens is 1. The van der Waals surface area contributed by atoms with E-state index < -0.39 is 16.1 Å². The number of nitrogens with two attached hydrogens (primary N) is 1. The lowest BCUT2D eigenvalue weighted by Gasteiger charge is -2.31. The summed E-state index contributed by atoms with van der Waals surface area (Å²) in [4.78, 5) is 3.72. The Kier molecular flexibility index (Phi) is 4.26. The minimum absolute atomic E-state index is 0.0229. The highest BCUT2D eigenvalue weighted by atomic mass is 35.5.